The van der Waals surface area contributed by atoms with Crippen LogP contribution in [0.5, 0.6) is 0 Å². The van der Waals surface area contributed by atoms with Gasteiger partial charge in [-0.25, -0.2) is 0 Å². The molecule has 0 amide bonds. The maximum atomic E-state index is 5.62. The van der Waals surface area contributed by atoms with Crippen LogP contribution in [0.3, 0.4) is 0 Å². The highest BCUT2D eigenvalue weighted by molar-refractivity contribution is 7.99. The van der Waals surface area contributed by atoms with Gasteiger partial charge < -0.3 is 14.6 Å². The van der Waals surface area contributed by atoms with Crippen LogP contribution in [0.1, 0.15) is 38.1 Å². The quantitative estimate of drug-likeness (QED) is 0.796. The number of aryl methyl sites for hydroxylation is 1. The fourth-order valence-corrected chi connectivity index (χ4v) is 2.61. The largest absolute Gasteiger partial charge is 0.368 e. The van der Waals surface area contributed by atoms with Crippen molar-refractivity contribution in [2.45, 2.75) is 38.8 Å². The van der Waals surface area contributed by atoms with Crippen molar-refractivity contribution in [2.75, 3.05) is 24.7 Å². The van der Waals surface area contributed by atoms with E-state index in [2.05, 4.69) is 29.3 Å². The van der Waals surface area contributed by atoms with Gasteiger partial charge in [0.15, 0.2) is 0 Å². The third kappa shape index (κ3) is 4.26. The predicted octanol–water partition coefficient (Wildman–Crippen LogP) is 1.80. The smallest absolute Gasteiger partial charge is 0.226 e. The first-order valence-corrected chi connectivity index (χ1v) is 7.66. The second-order valence-electron chi connectivity index (χ2n) is 4.69. The van der Waals surface area contributed by atoms with Crippen LogP contribution in [0.15, 0.2) is 4.52 Å². The van der Waals surface area contributed by atoms with E-state index in [1.54, 1.807) is 0 Å². The molecule has 1 fully saturated rings. The van der Waals surface area contributed by atoms with Crippen LogP contribution < -0.4 is 5.32 Å². The zero-order valence-electron chi connectivity index (χ0n) is 11.0. The highest BCUT2D eigenvalue weighted by Gasteiger charge is 2.21. The Hall–Kier alpha value is -0.590. The van der Waals surface area contributed by atoms with Crippen molar-refractivity contribution in [2.24, 2.45) is 0 Å². The molecular formula is C12H21N3O2S. The first-order valence-electron chi connectivity index (χ1n) is 6.51. The van der Waals surface area contributed by atoms with E-state index >= 15 is 0 Å². The van der Waals surface area contributed by atoms with Crippen molar-refractivity contribution >= 4 is 11.8 Å². The van der Waals surface area contributed by atoms with Crippen molar-refractivity contribution < 1.29 is 9.26 Å². The Bertz CT molecular complexity index is 351. The third-order valence-corrected chi connectivity index (χ3v) is 3.70. The summed E-state index contributed by atoms with van der Waals surface area (Å²) >= 11 is 1.88. The first kappa shape index (κ1) is 13.8. The molecule has 1 aliphatic rings. The Balaban J connectivity index is 1.75. The number of nitrogens with zero attached hydrogens (tertiary/aromatic N) is 2. The van der Waals surface area contributed by atoms with E-state index in [0.29, 0.717) is 11.9 Å². The van der Waals surface area contributed by atoms with Gasteiger partial charge in [-0.3, -0.25) is 0 Å². The minimum absolute atomic E-state index is 0.00930. The van der Waals surface area contributed by atoms with Crippen LogP contribution in [0, 0.1) is 0 Å². The highest BCUT2D eigenvalue weighted by Crippen LogP contribution is 2.24. The van der Waals surface area contributed by atoms with Gasteiger partial charge >= 0.3 is 0 Å². The minimum atomic E-state index is 0.00930. The normalized spacial score (nSPS) is 20.5. The lowest BCUT2D eigenvalue weighted by Crippen LogP contribution is -2.23. The molecule has 102 valence electrons. The molecule has 0 spiro atoms. The summed E-state index contributed by atoms with van der Waals surface area (Å²) in [6.07, 6.45) is 1.85. The van der Waals surface area contributed by atoms with Gasteiger partial charge in [-0.05, 0) is 13.0 Å². The van der Waals surface area contributed by atoms with Crippen molar-refractivity contribution in [3.05, 3.63) is 11.7 Å². The molecule has 2 heterocycles. The Morgan fingerprint density at radius 1 is 1.50 bits per heavy atom. The van der Waals surface area contributed by atoms with Crippen LogP contribution in [-0.2, 0) is 11.2 Å². The van der Waals surface area contributed by atoms with E-state index in [0.717, 1.165) is 43.4 Å². The fourth-order valence-electron chi connectivity index (χ4n) is 1.77. The average molecular weight is 271 g/mol. The summed E-state index contributed by atoms with van der Waals surface area (Å²) in [7, 11) is 0. The van der Waals surface area contributed by atoms with Gasteiger partial charge in [0, 0.05) is 24.0 Å². The second-order valence-corrected chi connectivity index (χ2v) is 5.84. The summed E-state index contributed by atoms with van der Waals surface area (Å²) in [5.74, 6) is 3.40. The molecule has 1 saturated heterocycles. The van der Waals surface area contributed by atoms with Crippen molar-refractivity contribution in [1.29, 1.82) is 0 Å². The molecule has 1 atom stereocenters. The predicted molar refractivity (Wildman–Crippen MR) is 71.8 cm³/mol. The molecule has 1 N–H and O–H groups in total. The number of thioether (sulfide) groups is 1. The van der Waals surface area contributed by atoms with E-state index in [-0.39, 0.29) is 6.10 Å². The Kier molecular flexibility index (Phi) is 5.46. The molecule has 0 radical (unpaired) electrons. The Morgan fingerprint density at radius 3 is 3.11 bits per heavy atom. The van der Waals surface area contributed by atoms with E-state index < -0.39 is 0 Å². The molecule has 18 heavy (non-hydrogen) atoms. The molecule has 1 aliphatic heterocycles. The van der Waals surface area contributed by atoms with E-state index in [4.69, 9.17) is 9.26 Å². The molecule has 1 unspecified atom stereocenters. The molecule has 1 aromatic heterocycles. The van der Waals surface area contributed by atoms with Crippen LogP contribution in [-0.4, -0.2) is 40.8 Å². The standard InChI is InChI=1S/C12H21N3O2S/c1-9(2)13-5-3-4-11-14-12(15-17-11)10-8-18-7-6-16-10/h9-10,13H,3-8H2,1-2H3. The van der Waals surface area contributed by atoms with Crippen molar-refractivity contribution in [1.82, 2.24) is 15.5 Å². The van der Waals surface area contributed by atoms with Gasteiger partial charge in [0.05, 0.1) is 6.61 Å². The van der Waals surface area contributed by atoms with E-state index in [9.17, 15) is 0 Å². The van der Waals surface area contributed by atoms with Gasteiger partial charge in [0.1, 0.15) is 6.10 Å². The van der Waals surface area contributed by atoms with Crippen LogP contribution in [0.2, 0.25) is 0 Å². The SMILES string of the molecule is CC(C)NCCCc1nc(C2CSCCO2)no1. The molecule has 0 bridgehead atoms. The molecule has 5 nitrogen and oxygen atoms in total. The second kappa shape index (κ2) is 7.11. The number of nitrogens with one attached hydrogen (secondary N) is 1. The van der Waals surface area contributed by atoms with Gasteiger partial charge in [-0.2, -0.15) is 16.7 Å². The summed E-state index contributed by atoms with van der Waals surface area (Å²) in [4.78, 5) is 4.41. The maximum Gasteiger partial charge on any atom is 0.226 e. The number of ether oxygens (including phenoxy) is 1. The van der Waals surface area contributed by atoms with Crippen LogP contribution in [0.4, 0.5) is 0 Å². The zero-order valence-corrected chi connectivity index (χ0v) is 11.8. The lowest BCUT2D eigenvalue weighted by molar-refractivity contribution is 0.0677. The molecular weight excluding hydrogens is 250 g/mol. The van der Waals surface area contributed by atoms with E-state index in [1.807, 2.05) is 11.8 Å². The summed E-state index contributed by atoms with van der Waals surface area (Å²) in [6, 6.07) is 0.524. The fraction of sp³-hybridized carbons (Fsp3) is 0.833. The number of rotatable bonds is 6. The Labute approximate surface area is 112 Å². The lowest BCUT2D eigenvalue weighted by atomic mass is 10.3. The minimum Gasteiger partial charge on any atom is -0.368 e. The van der Waals surface area contributed by atoms with Gasteiger partial charge in [0.25, 0.3) is 0 Å². The average Bonchev–Trinajstić information content (AvgIpc) is 2.84. The molecule has 0 saturated carbocycles. The summed E-state index contributed by atoms with van der Waals surface area (Å²) in [5, 5.41) is 7.38. The van der Waals surface area contributed by atoms with Gasteiger partial charge in [0.2, 0.25) is 11.7 Å². The summed E-state index contributed by atoms with van der Waals surface area (Å²) in [5.41, 5.74) is 0. The lowest BCUT2D eigenvalue weighted by Gasteiger charge is -2.18. The highest BCUT2D eigenvalue weighted by atomic mass is 32.2. The molecule has 0 aromatic carbocycles. The molecule has 1 aromatic rings. The number of aromatic nitrogens is 2. The first-order chi connectivity index (χ1) is 8.75. The number of hydrogen-bond acceptors (Lipinski definition) is 6. The van der Waals surface area contributed by atoms with Gasteiger partial charge in [-0.1, -0.05) is 19.0 Å². The van der Waals surface area contributed by atoms with Gasteiger partial charge in [-0.15, -0.1) is 0 Å². The van der Waals surface area contributed by atoms with Crippen LogP contribution in [0.25, 0.3) is 0 Å². The third-order valence-electron chi connectivity index (χ3n) is 2.71. The monoisotopic (exact) mass is 271 g/mol. The zero-order chi connectivity index (χ0) is 12.8. The van der Waals surface area contributed by atoms with E-state index in [1.165, 1.54) is 0 Å². The maximum absolute atomic E-state index is 5.62. The summed E-state index contributed by atoms with van der Waals surface area (Å²) < 4.78 is 10.9. The topological polar surface area (TPSA) is 60.2 Å². The van der Waals surface area contributed by atoms with Crippen LogP contribution >= 0.6 is 11.8 Å². The molecule has 6 heteroatoms. The number of hydrogen-bond donors (Lipinski definition) is 1. The molecule has 0 aliphatic carbocycles. The molecule has 2 rings (SSSR count). The Morgan fingerprint density at radius 2 is 2.39 bits per heavy atom. The van der Waals surface area contributed by atoms with Crippen molar-refractivity contribution in [3.8, 4) is 0 Å². The van der Waals surface area contributed by atoms with Crippen molar-refractivity contribution in [3.63, 3.8) is 0 Å². The summed E-state index contributed by atoms with van der Waals surface area (Å²) in [6.45, 7) is 6.04.